The van der Waals surface area contributed by atoms with Gasteiger partial charge in [0.2, 0.25) is 0 Å². The van der Waals surface area contributed by atoms with E-state index in [-0.39, 0.29) is 5.57 Å². The van der Waals surface area contributed by atoms with Crippen molar-refractivity contribution in [1.82, 2.24) is 0 Å². The Morgan fingerprint density at radius 2 is 1.80 bits per heavy atom. The number of nitrogens with zero attached hydrogens (tertiary/aromatic N) is 1. The Morgan fingerprint density at radius 3 is 2.37 bits per heavy atom. The molecule has 2 rings (SSSR count). The van der Waals surface area contributed by atoms with Gasteiger partial charge < -0.3 is 24.3 Å². The van der Waals surface area contributed by atoms with Gasteiger partial charge in [-0.3, -0.25) is 4.79 Å². The maximum atomic E-state index is 12.7. The summed E-state index contributed by atoms with van der Waals surface area (Å²) in [5, 5.41) is 12.5. The molecule has 0 spiro atoms. The van der Waals surface area contributed by atoms with Crippen LogP contribution in [-0.4, -0.2) is 33.8 Å². The van der Waals surface area contributed by atoms with Crippen molar-refractivity contribution in [2.45, 2.75) is 6.92 Å². The molecule has 9 heteroatoms. The lowest BCUT2D eigenvalue weighted by molar-refractivity contribution is -0.112. The van der Waals surface area contributed by atoms with Gasteiger partial charge in [-0.15, -0.1) is 0 Å². The lowest BCUT2D eigenvalue weighted by Crippen LogP contribution is -2.14. The van der Waals surface area contributed by atoms with E-state index < -0.39 is 5.91 Å². The van der Waals surface area contributed by atoms with Crippen molar-refractivity contribution in [3.8, 4) is 29.1 Å². The molecule has 0 radical (unpaired) electrons. The van der Waals surface area contributed by atoms with E-state index in [1.54, 1.807) is 12.1 Å². The van der Waals surface area contributed by atoms with Gasteiger partial charge in [0.05, 0.1) is 42.2 Å². The van der Waals surface area contributed by atoms with E-state index >= 15 is 0 Å². The summed E-state index contributed by atoms with van der Waals surface area (Å²) in [5.41, 5.74) is 0.837. The van der Waals surface area contributed by atoms with Crippen molar-refractivity contribution < 1.29 is 23.7 Å². The van der Waals surface area contributed by atoms with E-state index in [4.69, 9.17) is 30.5 Å². The first-order valence-electron chi connectivity index (χ1n) is 8.73. The fraction of sp³-hybridized carbons (Fsp3) is 0.238. The minimum absolute atomic E-state index is 0.104. The van der Waals surface area contributed by atoms with Gasteiger partial charge in [-0.2, -0.15) is 5.26 Å². The van der Waals surface area contributed by atoms with Gasteiger partial charge in [-0.25, -0.2) is 0 Å². The third kappa shape index (κ3) is 5.49. The van der Waals surface area contributed by atoms with Gasteiger partial charge in [0.15, 0.2) is 11.5 Å². The Bertz CT molecular complexity index is 1020. The second-order valence-corrected chi connectivity index (χ2v) is 7.35. The molecule has 0 aliphatic heterocycles. The molecule has 2 aromatic carbocycles. The van der Waals surface area contributed by atoms with Crippen LogP contribution in [0.3, 0.4) is 0 Å². The highest BCUT2D eigenvalue weighted by Gasteiger charge is 2.17. The molecule has 1 N–H and O–H groups in total. The zero-order valence-electron chi connectivity index (χ0n) is 16.8. The molecule has 0 aliphatic rings. The number of nitrogens with one attached hydrogen (secondary N) is 1. The molecule has 2 aromatic rings. The molecule has 0 fully saturated rings. The second kappa shape index (κ2) is 10.9. The molecule has 158 valence electrons. The van der Waals surface area contributed by atoms with E-state index in [9.17, 15) is 10.1 Å². The molecule has 0 aromatic heterocycles. The van der Waals surface area contributed by atoms with Gasteiger partial charge in [0.1, 0.15) is 23.1 Å². The van der Waals surface area contributed by atoms with E-state index in [1.165, 1.54) is 39.5 Å². The maximum absolute atomic E-state index is 12.7. The summed E-state index contributed by atoms with van der Waals surface area (Å²) in [5.74, 6) is 1.21. The molecule has 0 saturated carbocycles. The van der Waals surface area contributed by atoms with Crippen LogP contribution < -0.4 is 24.3 Å². The van der Waals surface area contributed by atoms with Crippen molar-refractivity contribution >= 4 is 51.9 Å². The van der Waals surface area contributed by atoms with Gasteiger partial charge >= 0.3 is 0 Å². The van der Waals surface area contributed by atoms with Crippen LogP contribution in [0, 0.1) is 14.9 Å². The van der Waals surface area contributed by atoms with Gasteiger partial charge in [-0.05, 0) is 53.3 Å². The normalized spacial score (nSPS) is 10.8. The minimum Gasteiger partial charge on any atom is -0.495 e. The first kappa shape index (κ1) is 23.6. The molecule has 0 saturated heterocycles. The maximum Gasteiger partial charge on any atom is 0.266 e. The number of ether oxygens (including phenoxy) is 4. The van der Waals surface area contributed by atoms with Crippen LogP contribution in [0.4, 0.5) is 5.69 Å². The molecular weight excluding hydrogens is 523 g/mol. The molecular formula is C21H20ClIN2O5. The standard InChI is InChI=1S/C21H20ClIN2O5/c1-5-30-20-15(23)7-12(8-19(20)29-4)6-13(11-24)21(26)25-16-10-17(27-2)14(22)9-18(16)28-3/h6-10H,5H2,1-4H3,(H,25,26)/b13-6+. The fourth-order valence-corrected chi connectivity index (χ4v) is 3.58. The summed E-state index contributed by atoms with van der Waals surface area (Å²) in [7, 11) is 4.43. The number of rotatable bonds is 8. The van der Waals surface area contributed by atoms with E-state index in [1.807, 2.05) is 13.0 Å². The van der Waals surface area contributed by atoms with Crippen molar-refractivity contribution in [3.05, 3.63) is 44.0 Å². The second-order valence-electron chi connectivity index (χ2n) is 5.78. The molecule has 0 atom stereocenters. The number of methoxy groups -OCH3 is 3. The van der Waals surface area contributed by atoms with E-state index in [0.29, 0.717) is 45.9 Å². The summed E-state index contributed by atoms with van der Waals surface area (Å²) in [4.78, 5) is 12.7. The third-order valence-electron chi connectivity index (χ3n) is 3.94. The summed E-state index contributed by atoms with van der Waals surface area (Å²) < 4.78 is 22.2. The number of nitriles is 1. The number of amides is 1. The SMILES string of the molecule is CCOc1c(I)cc(/C=C(\C#N)C(=O)Nc2cc(OC)c(Cl)cc2OC)cc1OC. The van der Waals surface area contributed by atoms with Crippen LogP contribution >= 0.6 is 34.2 Å². The van der Waals surface area contributed by atoms with Crippen molar-refractivity contribution in [2.24, 2.45) is 0 Å². The zero-order chi connectivity index (χ0) is 22.3. The molecule has 0 bridgehead atoms. The number of hydrogen-bond donors (Lipinski definition) is 1. The van der Waals surface area contributed by atoms with Crippen LogP contribution in [0.2, 0.25) is 5.02 Å². The molecule has 0 heterocycles. The Morgan fingerprint density at radius 1 is 1.13 bits per heavy atom. The van der Waals surface area contributed by atoms with E-state index in [2.05, 4.69) is 27.9 Å². The van der Waals surface area contributed by atoms with Crippen LogP contribution in [0.25, 0.3) is 6.08 Å². The number of carbonyl (C=O) groups is 1. The Hall–Kier alpha value is -2.64. The molecule has 7 nitrogen and oxygen atoms in total. The van der Waals surface area contributed by atoms with Crippen molar-refractivity contribution in [1.29, 1.82) is 5.26 Å². The smallest absolute Gasteiger partial charge is 0.266 e. The fourth-order valence-electron chi connectivity index (χ4n) is 2.57. The number of carbonyl (C=O) groups excluding carboxylic acids is 1. The monoisotopic (exact) mass is 542 g/mol. The lowest BCUT2D eigenvalue weighted by Gasteiger charge is -2.13. The average molecular weight is 543 g/mol. The highest BCUT2D eigenvalue weighted by molar-refractivity contribution is 14.1. The Kier molecular flexibility index (Phi) is 8.62. The minimum atomic E-state index is -0.608. The summed E-state index contributed by atoms with van der Waals surface area (Å²) >= 11 is 8.20. The molecule has 30 heavy (non-hydrogen) atoms. The first-order valence-corrected chi connectivity index (χ1v) is 10.2. The highest BCUT2D eigenvalue weighted by atomic mass is 127. The van der Waals surface area contributed by atoms with Gasteiger partial charge in [-0.1, -0.05) is 11.6 Å². The van der Waals surface area contributed by atoms with Gasteiger partial charge in [0.25, 0.3) is 5.91 Å². The summed E-state index contributed by atoms with van der Waals surface area (Å²) in [6.45, 7) is 2.36. The van der Waals surface area contributed by atoms with Gasteiger partial charge in [0, 0.05) is 12.1 Å². The molecule has 1 amide bonds. The largest absolute Gasteiger partial charge is 0.495 e. The molecule has 0 aliphatic carbocycles. The number of hydrogen-bond acceptors (Lipinski definition) is 6. The quantitative estimate of drug-likeness (QED) is 0.290. The third-order valence-corrected chi connectivity index (χ3v) is 5.04. The zero-order valence-corrected chi connectivity index (χ0v) is 19.8. The number of halogens is 2. The number of anilines is 1. The van der Waals surface area contributed by atoms with Crippen LogP contribution in [0.15, 0.2) is 29.8 Å². The topological polar surface area (TPSA) is 89.8 Å². The lowest BCUT2D eigenvalue weighted by atomic mass is 10.1. The Balaban J connectivity index is 2.39. The highest BCUT2D eigenvalue weighted by Crippen LogP contribution is 2.37. The average Bonchev–Trinajstić information content (AvgIpc) is 2.74. The summed E-state index contributed by atoms with van der Waals surface area (Å²) in [6, 6.07) is 8.46. The van der Waals surface area contributed by atoms with Crippen LogP contribution in [-0.2, 0) is 4.79 Å². The predicted octanol–water partition coefficient (Wildman–Crippen LogP) is 4.91. The van der Waals surface area contributed by atoms with Crippen LogP contribution in [0.1, 0.15) is 12.5 Å². The number of benzene rings is 2. The van der Waals surface area contributed by atoms with Crippen molar-refractivity contribution in [3.63, 3.8) is 0 Å². The Labute approximate surface area is 193 Å². The van der Waals surface area contributed by atoms with E-state index in [0.717, 1.165) is 3.57 Å². The summed E-state index contributed by atoms with van der Waals surface area (Å²) in [6.07, 6.45) is 1.47. The molecule has 0 unspecified atom stereocenters. The van der Waals surface area contributed by atoms with Crippen molar-refractivity contribution in [2.75, 3.05) is 33.3 Å². The predicted molar refractivity (Wildman–Crippen MR) is 124 cm³/mol. The first-order chi connectivity index (χ1) is 14.4. The van der Waals surface area contributed by atoms with Crippen LogP contribution in [0.5, 0.6) is 23.0 Å².